The first kappa shape index (κ1) is 26.2. The highest BCUT2D eigenvalue weighted by Gasteiger charge is 2.61. The molecule has 3 aromatic heterocycles. The summed E-state index contributed by atoms with van der Waals surface area (Å²) in [6, 6.07) is 13.3. The van der Waals surface area contributed by atoms with E-state index in [0.29, 0.717) is 55.7 Å². The Balaban J connectivity index is 1.29. The number of benzene rings is 1. The molecule has 212 valence electrons. The van der Waals surface area contributed by atoms with Crippen LogP contribution in [-0.4, -0.2) is 87.5 Å². The van der Waals surface area contributed by atoms with Gasteiger partial charge in [-0.15, -0.1) is 0 Å². The summed E-state index contributed by atoms with van der Waals surface area (Å²) < 4.78 is 33.4. The molecule has 5 heterocycles. The second-order valence-electron chi connectivity index (χ2n) is 11.4. The van der Waals surface area contributed by atoms with E-state index in [9.17, 15) is 18.3 Å². The van der Waals surface area contributed by atoms with Crippen molar-refractivity contribution in [3.05, 3.63) is 60.6 Å². The van der Waals surface area contributed by atoms with Crippen LogP contribution in [0, 0.1) is 0 Å². The molecule has 1 aromatic carbocycles. The summed E-state index contributed by atoms with van der Waals surface area (Å²) in [6.45, 7) is 0.865. The molecule has 4 unspecified atom stereocenters. The summed E-state index contributed by atoms with van der Waals surface area (Å²) in [5.41, 5.74) is 9.38. The van der Waals surface area contributed by atoms with Crippen LogP contribution in [0.4, 0.5) is 5.82 Å². The summed E-state index contributed by atoms with van der Waals surface area (Å²) in [6.07, 6.45) is 6.67. The first-order chi connectivity index (χ1) is 19.7. The van der Waals surface area contributed by atoms with E-state index in [-0.39, 0.29) is 34.8 Å². The molecule has 0 spiro atoms. The molecule has 7 rings (SSSR count). The number of nitrogens with zero attached hydrogens (tertiary/aromatic N) is 5. The molecule has 3 N–H and O–H groups in total. The average molecular weight is 575 g/mol. The number of anilines is 1. The maximum Gasteiger partial charge on any atom is 0.180 e. The average Bonchev–Trinajstić information content (AvgIpc) is 3.44. The van der Waals surface area contributed by atoms with E-state index in [1.165, 1.54) is 4.52 Å². The van der Waals surface area contributed by atoms with Gasteiger partial charge >= 0.3 is 0 Å². The normalized spacial score (nSPS) is 28.0. The number of carbonyl (C=O) groups is 1. The molecule has 4 aromatic rings. The van der Waals surface area contributed by atoms with Gasteiger partial charge in [-0.25, -0.2) is 13.4 Å². The second-order valence-corrected chi connectivity index (χ2v) is 13.3. The summed E-state index contributed by atoms with van der Waals surface area (Å²) in [5.74, 6) is -0.194. The van der Waals surface area contributed by atoms with Crippen molar-refractivity contribution in [2.24, 2.45) is 0 Å². The minimum Gasteiger partial charge on any atom is -0.382 e. The molecule has 2 aliphatic heterocycles. The van der Waals surface area contributed by atoms with Gasteiger partial charge < -0.3 is 20.4 Å². The molecule has 4 atom stereocenters. The highest BCUT2D eigenvalue weighted by atomic mass is 32.2. The zero-order chi connectivity index (χ0) is 28.5. The van der Waals surface area contributed by atoms with Gasteiger partial charge in [0, 0.05) is 59.6 Å². The topological polar surface area (TPSA) is 153 Å². The number of pyridine rings is 1. The van der Waals surface area contributed by atoms with Crippen LogP contribution in [0.25, 0.3) is 28.0 Å². The Kier molecular flexibility index (Phi) is 6.02. The van der Waals surface area contributed by atoms with Crippen LogP contribution >= 0.6 is 0 Å². The molecular weight excluding hydrogens is 544 g/mol. The maximum absolute atomic E-state index is 13.1. The van der Waals surface area contributed by atoms with Crippen LogP contribution < -0.4 is 5.73 Å². The summed E-state index contributed by atoms with van der Waals surface area (Å²) >= 11 is 0. The first-order valence-electron chi connectivity index (χ1n) is 13.6. The van der Waals surface area contributed by atoms with Crippen molar-refractivity contribution in [1.82, 2.24) is 24.5 Å². The van der Waals surface area contributed by atoms with Crippen LogP contribution in [0.5, 0.6) is 0 Å². The van der Waals surface area contributed by atoms with Gasteiger partial charge in [-0.1, -0.05) is 36.4 Å². The number of hydrogen-bond acceptors (Lipinski definition) is 10. The van der Waals surface area contributed by atoms with Crippen LogP contribution in [0.3, 0.4) is 0 Å². The van der Waals surface area contributed by atoms with Crippen molar-refractivity contribution in [3.63, 3.8) is 0 Å². The second kappa shape index (κ2) is 9.41. The van der Waals surface area contributed by atoms with Crippen LogP contribution in [0.15, 0.2) is 59.8 Å². The molecule has 0 radical (unpaired) electrons. The molecule has 2 bridgehead atoms. The third kappa shape index (κ3) is 4.33. The highest BCUT2D eigenvalue weighted by Crippen LogP contribution is 2.48. The fourth-order valence-electron chi connectivity index (χ4n) is 6.63. The standard InChI is InChI=1S/C29H30N6O5S/c1-41(38,39)26-25(19-9-20-14-40-15-21(10-19)34(20)24-11-29(24,37)16-36)33-28-22(13-32-35(28)27(26)30)18-7-8-23(31-12-18)17-5-3-2-4-6-17/h2-8,12-13,16,19-21,24,37H,9-11,14-15,30H2,1H3. The Labute approximate surface area is 236 Å². The van der Waals surface area contributed by atoms with Crippen LogP contribution in [-0.2, 0) is 19.4 Å². The predicted octanol–water partition coefficient (Wildman–Crippen LogP) is 2.09. The van der Waals surface area contributed by atoms with E-state index in [1.807, 2.05) is 42.5 Å². The quantitative estimate of drug-likeness (QED) is 0.327. The fourth-order valence-corrected chi connectivity index (χ4v) is 7.69. The number of aldehydes is 1. The lowest BCUT2D eigenvalue weighted by molar-refractivity contribution is -0.123. The Morgan fingerprint density at radius 1 is 1.07 bits per heavy atom. The Morgan fingerprint density at radius 2 is 1.80 bits per heavy atom. The van der Waals surface area contributed by atoms with Crippen molar-refractivity contribution in [2.75, 3.05) is 25.2 Å². The van der Waals surface area contributed by atoms with E-state index >= 15 is 0 Å². The summed E-state index contributed by atoms with van der Waals surface area (Å²) in [4.78, 5) is 23.2. The van der Waals surface area contributed by atoms with Crippen molar-refractivity contribution in [1.29, 1.82) is 0 Å². The number of sulfone groups is 1. The number of rotatable bonds is 6. The van der Waals surface area contributed by atoms with Gasteiger partial charge in [0.2, 0.25) is 0 Å². The van der Waals surface area contributed by atoms with Gasteiger partial charge in [0.1, 0.15) is 16.3 Å². The SMILES string of the molecule is CS(=O)(=O)c1c(C2CC3COCC(C2)N3C2CC2(O)C=O)nc2c(-c3ccc(-c4ccccc4)nc3)cnn2c1N. The van der Waals surface area contributed by atoms with E-state index in [0.717, 1.165) is 23.1 Å². The minimum absolute atomic E-state index is 0.00883. The molecule has 3 fully saturated rings. The number of carbonyl (C=O) groups excluding carboxylic acids is 1. The molecular formula is C29H30N6O5S. The zero-order valence-corrected chi connectivity index (χ0v) is 23.2. The summed E-state index contributed by atoms with van der Waals surface area (Å²) in [5, 5.41) is 14.9. The molecule has 2 saturated heterocycles. The van der Waals surface area contributed by atoms with Gasteiger partial charge in [0.15, 0.2) is 21.8 Å². The minimum atomic E-state index is -3.75. The van der Waals surface area contributed by atoms with E-state index in [4.69, 9.17) is 15.5 Å². The first-order valence-corrected chi connectivity index (χ1v) is 15.5. The number of nitrogen functional groups attached to an aromatic ring is 1. The van der Waals surface area contributed by atoms with Crippen LogP contribution in [0.2, 0.25) is 0 Å². The number of fused-ring (bicyclic) bond motifs is 3. The smallest absolute Gasteiger partial charge is 0.180 e. The maximum atomic E-state index is 13.1. The largest absolute Gasteiger partial charge is 0.382 e. The van der Waals surface area contributed by atoms with Gasteiger partial charge in [-0.3, -0.25) is 9.88 Å². The zero-order valence-electron chi connectivity index (χ0n) is 22.4. The molecule has 12 heteroatoms. The Morgan fingerprint density at radius 3 is 2.41 bits per heavy atom. The van der Waals surface area contributed by atoms with Crippen molar-refractivity contribution >= 4 is 27.6 Å². The molecule has 41 heavy (non-hydrogen) atoms. The third-order valence-corrected chi connectivity index (χ3v) is 9.80. The fraction of sp³-hybridized carbons (Fsp3) is 0.379. The van der Waals surface area contributed by atoms with Gasteiger partial charge in [0.25, 0.3) is 0 Å². The molecule has 1 saturated carbocycles. The monoisotopic (exact) mass is 574 g/mol. The number of piperidine rings is 1. The van der Waals surface area contributed by atoms with E-state index in [1.54, 1.807) is 12.4 Å². The lowest BCUT2D eigenvalue weighted by Crippen LogP contribution is -2.58. The predicted molar refractivity (Wildman–Crippen MR) is 151 cm³/mol. The Hall–Kier alpha value is -3.71. The van der Waals surface area contributed by atoms with Gasteiger partial charge in [0.05, 0.1) is 30.8 Å². The molecule has 3 aliphatic rings. The van der Waals surface area contributed by atoms with E-state index < -0.39 is 15.4 Å². The van der Waals surface area contributed by atoms with Crippen molar-refractivity contribution < 1.29 is 23.1 Å². The van der Waals surface area contributed by atoms with Gasteiger partial charge in [-0.05, 0) is 18.9 Å². The lowest BCUT2D eigenvalue weighted by atomic mass is 9.82. The van der Waals surface area contributed by atoms with Crippen LogP contribution in [0.1, 0.15) is 30.9 Å². The number of nitrogens with two attached hydrogens (primary N) is 1. The summed E-state index contributed by atoms with van der Waals surface area (Å²) in [7, 11) is -3.75. The highest BCUT2D eigenvalue weighted by molar-refractivity contribution is 7.91. The Bertz CT molecular complexity index is 1750. The number of aromatic nitrogens is 4. The lowest BCUT2D eigenvalue weighted by Gasteiger charge is -2.49. The van der Waals surface area contributed by atoms with Crippen molar-refractivity contribution in [3.8, 4) is 22.4 Å². The molecule has 0 amide bonds. The number of aliphatic hydroxyl groups is 1. The number of morpholine rings is 1. The van der Waals surface area contributed by atoms with Gasteiger partial charge in [-0.2, -0.15) is 9.61 Å². The van der Waals surface area contributed by atoms with Crippen molar-refractivity contribution in [2.45, 2.75) is 53.8 Å². The number of ether oxygens (including phenoxy) is 1. The molecule has 1 aliphatic carbocycles. The van der Waals surface area contributed by atoms with E-state index in [2.05, 4.69) is 15.0 Å². The third-order valence-electron chi connectivity index (χ3n) is 8.64. The molecule has 11 nitrogen and oxygen atoms in total. The number of hydrogen-bond donors (Lipinski definition) is 2.